The van der Waals surface area contributed by atoms with Gasteiger partial charge in [-0.1, -0.05) is 19.8 Å². The van der Waals surface area contributed by atoms with E-state index in [-0.39, 0.29) is 0 Å². The van der Waals surface area contributed by atoms with Crippen LogP contribution in [0, 0.1) is 0 Å². The number of aromatic nitrogens is 1. The molecule has 16 heavy (non-hydrogen) atoms. The number of aromatic amines is 1. The smallest absolute Gasteiger partial charge is 0.0499 e. The molecule has 0 radical (unpaired) electrons. The third-order valence-corrected chi connectivity index (χ3v) is 3.40. The van der Waals surface area contributed by atoms with Gasteiger partial charge in [0.05, 0.1) is 0 Å². The molecule has 1 aromatic rings. The van der Waals surface area contributed by atoms with Gasteiger partial charge in [-0.25, -0.2) is 0 Å². The summed E-state index contributed by atoms with van der Waals surface area (Å²) in [4.78, 5) is 5.99. The van der Waals surface area contributed by atoms with Crippen LogP contribution in [0.4, 0.5) is 0 Å². The first kappa shape index (κ1) is 11.7. The van der Waals surface area contributed by atoms with E-state index >= 15 is 0 Å². The quantitative estimate of drug-likeness (QED) is 0.798. The second-order valence-electron chi connectivity index (χ2n) is 4.57. The molecule has 0 bridgehead atoms. The average molecular weight is 221 g/mol. The van der Waals surface area contributed by atoms with Crippen molar-refractivity contribution < 1.29 is 0 Å². The van der Waals surface area contributed by atoms with E-state index < -0.39 is 0 Å². The summed E-state index contributed by atoms with van der Waals surface area (Å²) in [5, 5.41) is 3.42. The molecule has 1 aliphatic heterocycles. The normalized spacial score (nSPS) is 19.8. The van der Waals surface area contributed by atoms with Gasteiger partial charge >= 0.3 is 0 Å². The number of hydrogen-bond donors (Lipinski definition) is 2. The molecule has 0 saturated carbocycles. The number of unbranched alkanes of at least 4 members (excludes halogenated alkanes) is 1. The second kappa shape index (κ2) is 6.06. The maximum atomic E-state index is 3.42. The van der Waals surface area contributed by atoms with Gasteiger partial charge in [-0.05, 0) is 18.6 Å². The summed E-state index contributed by atoms with van der Waals surface area (Å²) in [5.41, 5.74) is 1.38. The molecule has 90 valence electrons. The van der Waals surface area contributed by atoms with Crippen LogP contribution < -0.4 is 5.32 Å². The maximum Gasteiger partial charge on any atom is 0.0499 e. The molecule has 0 amide bonds. The van der Waals surface area contributed by atoms with Crippen LogP contribution in [0.5, 0.6) is 0 Å². The molecule has 1 saturated heterocycles. The van der Waals surface area contributed by atoms with E-state index in [4.69, 9.17) is 0 Å². The van der Waals surface area contributed by atoms with Crippen molar-refractivity contribution in [1.82, 2.24) is 15.2 Å². The van der Waals surface area contributed by atoms with Crippen molar-refractivity contribution in [1.29, 1.82) is 0 Å². The summed E-state index contributed by atoms with van der Waals surface area (Å²) in [7, 11) is 0. The van der Waals surface area contributed by atoms with Crippen molar-refractivity contribution in [3.63, 3.8) is 0 Å². The third kappa shape index (κ3) is 2.86. The van der Waals surface area contributed by atoms with Gasteiger partial charge in [0.2, 0.25) is 0 Å². The molecule has 1 atom stereocenters. The number of hydrogen-bond acceptors (Lipinski definition) is 2. The first-order chi connectivity index (χ1) is 7.92. The molecule has 2 heterocycles. The summed E-state index contributed by atoms with van der Waals surface area (Å²) < 4.78 is 0. The molecule has 0 aromatic carbocycles. The SMILES string of the molecule is CCCC[C@@H](c1ccc[nH]1)N1CCNCC1. The molecule has 2 N–H and O–H groups in total. The van der Waals surface area contributed by atoms with Crippen LogP contribution in [0.15, 0.2) is 18.3 Å². The second-order valence-corrected chi connectivity index (χ2v) is 4.57. The van der Waals surface area contributed by atoms with E-state index in [1.54, 1.807) is 0 Å². The molecule has 1 aromatic heterocycles. The van der Waals surface area contributed by atoms with Gasteiger partial charge in [-0.15, -0.1) is 0 Å². The number of rotatable bonds is 5. The average Bonchev–Trinajstić information content (AvgIpc) is 2.85. The van der Waals surface area contributed by atoms with E-state index in [9.17, 15) is 0 Å². The standard InChI is InChI=1S/C13H23N3/c1-2-3-6-13(12-5-4-7-15-12)16-10-8-14-9-11-16/h4-5,7,13-15H,2-3,6,8-11H2,1H3/t13-/m0/s1. The minimum atomic E-state index is 0.594. The lowest BCUT2D eigenvalue weighted by Crippen LogP contribution is -2.45. The number of piperazine rings is 1. The Morgan fingerprint density at radius 1 is 1.38 bits per heavy atom. The monoisotopic (exact) mass is 221 g/mol. The van der Waals surface area contributed by atoms with Crippen LogP contribution in [-0.2, 0) is 0 Å². The molecule has 0 aliphatic carbocycles. The van der Waals surface area contributed by atoms with Crippen molar-refractivity contribution in [2.45, 2.75) is 32.2 Å². The maximum absolute atomic E-state index is 3.42. The highest BCUT2D eigenvalue weighted by atomic mass is 15.2. The Labute approximate surface area is 98.2 Å². The van der Waals surface area contributed by atoms with Crippen LogP contribution >= 0.6 is 0 Å². The number of nitrogens with one attached hydrogen (secondary N) is 2. The Hall–Kier alpha value is -0.800. The number of nitrogens with zero attached hydrogens (tertiary/aromatic N) is 1. The Bertz CT molecular complexity index is 275. The zero-order valence-electron chi connectivity index (χ0n) is 10.2. The number of H-pyrrole nitrogens is 1. The van der Waals surface area contributed by atoms with E-state index in [1.807, 2.05) is 6.20 Å². The lowest BCUT2D eigenvalue weighted by molar-refractivity contribution is 0.160. The molecular weight excluding hydrogens is 198 g/mol. The predicted molar refractivity (Wildman–Crippen MR) is 67.5 cm³/mol. The molecule has 1 aliphatic rings. The molecule has 1 fully saturated rings. The Kier molecular flexibility index (Phi) is 4.43. The van der Waals surface area contributed by atoms with Crippen molar-refractivity contribution in [3.8, 4) is 0 Å². The Balaban J connectivity index is 2.01. The van der Waals surface area contributed by atoms with Gasteiger partial charge in [0.25, 0.3) is 0 Å². The summed E-state index contributed by atoms with van der Waals surface area (Å²) in [6.45, 7) is 6.87. The highest BCUT2D eigenvalue weighted by molar-refractivity contribution is 5.09. The Morgan fingerprint density at radius 3 is 2.81 bits per heavy atom. The molecule has 0 unspecified atom stereocenters. The van der Waals surface area contributed by atoms with Gasteiger partial charge in [-0.2, -0.15) is 0 Å². The molecule has 3 heteroatoms. The highest BCUT2D eigenvalue weighted by Gasteiger charge is 2.21. The van der Waals surface area contributed by atoms with Crippen LogP contribution in [-0.4, -0.2) is 36.1 Å². The van der Waals surface area contributed by atoms with Crippen LogP contribution in [0.2, 0.25) is 0 Å². The fourth-order valence-electron chi connectivity index (χ4n) is 2.48. The van der Waals surface area contributed by atoms with E-state index in [1.165, 1.54) is 38.0 Å². The summed E-state index contributed by atoms with van der Waals surface area (Å²) in [5.74, 6) is 0. The van der Waals surface area contributed by atoms with Crippen molar-refractivity contribution in [3.05, 3.63) is 24.0 Å². The van der Waals surface area contributed by atoms with E-state index in [0.29, 0.717) is 6.04 Å². The zero-order chi connectivity index (χ0) is 11.2. The lowest BCUT2D eigenvalue weighted by Gasteiger charge is -2.34. The van der Waals surface area contributed by atoms with Gasteiger partial charge < -0.3 is 10.3 Å². The van der Waals surface area contributed by atoms with E-state index in [2.05, 4.69) is 34.3 Å². The summed E-state index contributed by atoms with van der Waals surface area (Å²) in [6.07, 6.45) is 5.91. The molecule has 2 rings (SSSR count). The predicted octanol–water partition coefficient (Wildman–Crippen LogP) is 2.15. The third-order valence-electron chi connectivity index (χ3n) is 3.40. The van der Waals surface area contributed by atoms with E-state index in [0.717, 1.165) is 13.1 Å². The highest BCUT2D eigenvalue weighted by Crippen LogP contribution is 2.25. The topological polar surface area (TPSA) is 31.1 Å². The lowest BCUT2D eigenvalue weighted by atomic mass is 10.0. The summed E-state index contributed by atoms with van der Waals surface area (Å²) in [6, 6.07) is 4.93. The molecular formula is C13H23N3. The van der Waals surface area contributed by atoms with Crippen LogP contribution in [0.1, 0.15) is 37.9 Å². The van der Waals surface area contributed by atoms with Gasteiger partial charge in [-0.3, -0.25) is 4.90 Å². The largest absolute Gasteiger partial charge is 0.364 e. The molecule has 0 spiro atoms. The zero-order valence-corrected chi connectivity index (χ0v) is 10.2. The van der Waals surface area contributed by atoms with Gasteiger partial charge in [0.1, 0.15) is 0 Å². The first-order valence-electron chi connectivity index (χ1n) is 6.50. The fraction of sp³-hybridized carbons (Fsp3) is 0.692. The van der Waals surface area contributed by atoms with Crippen LogP contribution in [0.3, 0.4) is 0 Å². The Morgan fingerprint density at radius 2 is 2.19 bits per heavy atom. The van der Waals surface area contributed by atoms with Crippen LogP contribution in [0.25, 0.3) is 0 Å². The van der Waals surface area contributed by atoms with Crippen molar-refractivity contribution >= 4 is 0 Å². The summed E-state index contributed by atoms with van der Waals surface area (Å²) >= 11 is 0. The minimum Gasteiger partial charge on any atom is -0.364 e. The minimum absolute atomic E-state index is 0.594. The van der Waals surface area contributed by atoms with Crippen molar-refractivity contribution in [2.24, 2.45) is 0 Å². The molecule has 3 nitrogen and oxygen atoms in total. The van der Waals surface area contributed by atoms with Gasteiger partial charge in [0, 0.05) is 44.1 Å². The van der Waals surface area contributed by atoms with Gasteiger partial charge in [0.15, 0.2) is 0 Å². The fourth-order valence-corrected chi connectivity index (χ4v) is 2.48. The van der Waals surface area contributed by atoms with Crippen molar-refractivity contribution in [2.75, 3.05) is 26.2 Å². The first-order valence-corrected chi connectivity index (χ1v) is 6.50.